The highest BCUT2D eigenvalue weighted by molar-refractivity contribution is 7.47. The Morgan fingerprint density at radius 1 is 0.354 bits per heavy atom. The van der Waals surface area contributed by atoms with E-state index in [0.29, 0.717) is 37.5 Å². The number of carbonyl (C=O) groups excluding carboxylic acids is 4. The van der Waals surface area contributed by atoms with E-state index in [-0.39, 0.29) is 25.7 Å². The van der Waals surface area contributed by atoms with Crippen molar-refractivity contribution < 1.29 is 80.2 Å². The van der Waals surface area contributed by atoms with Crippen molar-refractivity contribution in [2.24, 2.45) is 23.7 Å². The molecule has 0 saturated carbocycles. The molecule has 0 radical (unpaired) electrons. The number of aliphatic hydroxyl groups excluding tert-OH is 1. The SMILES string of the molecule is CCC(C)CCCCCCCCC(=O)OC[C@H](COP(=O)(O)OC[C@@H](O)COP(=O)(O)OC[C@@H](COC(=O)CCCCCCCCC(C)C)OC(=O)CCCCCCCCCC(C)C)OC(=O)CCCCCCCCC(C)CC. The van der Waals surface area contributed by atoms with Gasteiger partial charge in [-0.2, -0.15) is 0 Å². The number of ether oxygens (including phenoxy) is 4. The first-order chi connectivity index (χ1) is 37.7. The first-order valence-corrected chi connectivity index (χ1v) is 34.3. The molecule has 0 rings (SSSR count). The fourth-order valence-electron chi connectivity index (χ4n) is 8.66. The summed E-state index contributed by atoms with van der Waals surface area (Å²) in [5.41, 5.74) is 0. The van der Waals surface area contributed by atoms with E-state index < -0.39 is 97.5 Å². The molecule has 4 unspecified atom stereocenters. The molecule has 0 aliphatic carbocycles. The van der Waals surface area contributed by atoms with Crippen LogP contribution < -0.4 is 0 Å². The van der Waals surface area contributed by atoms with Crippen LogP contribution in [0.5, 0.6) is 0 Å². The molecular formula is C60H116O17P2. The second-order valence-electron chi connectivity index (χ2n) is 23.2. The van der Waals surface area contributed by atoms with Crippen LogP contribution in [0.2, 0.25) is 0 Å². The Balaban J connectivity index is 5.26. The van der Waals surface area contributed by atoms with Gasteiger partial charge in [0, 0.05) is 25.7 Å². The van der Waals surface area contributed by atoms with E-state index in [9.17, 15) is 43.2 Å². The Morgan fingerprint density at radius 2 is 0.608 bits per heavy atom. The summed E-state index contributed by atoms with van der Waals surface area (Å²) in [4.78, 5) is 71.9. The minimum Gasteiger partial charge on any atom is -0.462 e. The summed E-state index contributed by atoms with van der Waals surface area (Å²) in [6, 6.07) is 0. The smallest absolute Gasteiger partial charge is 0.462 e. The van der Waals surface area contributed by atoms with Crippen LogP contribution in [0.25, 0.3) is 0 Å². The maximum atomic E-state index is 12.9. The minimum atomic E-state index is -4.94. The molecule has 3 N–H and O–H groups in total. The van der Waals surface area contributed by atoms with Gasteiger partial charge in [0.1, 0.15) is 19.3 Å². The summed E-state index contributed by atoms with van der Waals surface area (Å²) in [5, 5.41) is 10.5. The first kappa shape index (κ1) is 77.1. The van der Waals surface area contributed by atoms with Gasteiger partial charge in [-0.25, -0.2) is 9.13 Å². The van der Waals surface area contributed by atoms with Crippen LogP contribution in [0, 0.1) is 23.7 Å². The third-order valence-electron chi connectivity index (χ3n) is 14.3. The maximum Gasteiger partial charge on any atom is 0.472 e. The molecule has 468 valence electrons. The van der Waals surface area contributed by atoms with Crippen molar-refractivity contribution in [2.45, 2.75) is 298 Å². The van der Waals surface area contributed by atoms with E-state index in [1.54, 1.807) is 0 Å². The molecule has 17 nitrogen and oxygen atoms in total. The number of phosphoric acid groups is 2. The predicted octanol–water partition coefficient (Wildman–Crippen LogP) is 15.8. The zero-order chi connectivity index (χ0) is 59.0. The third-order valence-corrected chi connectivity index (χ3v) is 16.2. The van der Waals surface area contributed by atoms with Gasteiger partial charge in [0.25, 0.3) is 0 Å². The van der Waals surface area contributed by atoms with Gasteiger partial charge in [0.2, 0.25) is 0 Å². The Labute approximate surface area is 479 Å². The van der Waals surface area contributed by atoms with Crippen molar-refractivity contribution >= 4 is 39.5 Å². The molecule has 7 atom stereocenters. The van der Waals surface area contributed by atoms with Gasteiger partial charge in [0.05, 0.1) is 26.4 Å². The molecule has 19 heteroatoms. The van der Waals surface area contributed by atoms with Crippen LogP contribution in [0.1, 0.15) is 280 Å². The van der Waals surface area contributed by atoms with Crippen LogP contribution in [-0.4, -0.2) is 96.7 Å². The van der Waals surface area contributed by atoms with Crippen molar-refractivity contribution in [1.29, 1.82) is 0 Å². The summed E-state index contributed by atoms with van der Waals surface area (Å²) in [6.07, 6.45) is 28.3. The van der Waals surface area contributed by atoms with E-state index in [0.717, 1.165) is 115 Å². The lowest BCUT2D eigenvalue weighted by atomic mass is 10.00. The molecular weight excluding hydrogens is 1050 g/mol. The van der Waals surface area contributed by atoms with Gasteiger partial charge in [-0.15, -0.1) is 0 Å². The number of phosphoric ester groups is 2. The average molecular weight is 1170 g/mol. The topological polar surface area (TPSA) is 237 Å². The van der Waals surface area contributed by atoms with Crippen molar-refractivity contribution in [2.75, 3.05) is 39.6 Å². The van der Waals surface area contributed by atoms with E-state index in [4.69, 9.17) is 37.0 Å². The molecule has 0 aromatic carbocycles. The molecule has 0 amide bonds. The Bertz CT molecular complexity index is 1600. The molecule has 0 aliphatic rings. The highest BCUT2D eigenvalue weighted by atomic mass is 31.2. The van der Waals surface area contributed by atoms with Gasteiger partial charge in [-0.05, 0) is 49.4 Å². The zero-order valence-electron chi connectivity index (χ0n) is 51.0. The second-order valence-corrected chi connectivity index (χ2v) is 26.1. The lowest BCUT2D eigenvalue weighted by molar-refractivity contribution is -0.161. The summed E-state index contributed by atoms with van der Waals surface area (Å²) in [5.74, 6) is 0.675. The van der Waals surface area contributed by atoms with E-state index >= 15 is 0 Å². The van der Waals surface area contributed by atoms with Crippen LogP contribution >= 0.6 is 15.6 Å². The molecule has 0 aliphatic heterocycles. The second kappa shape index (κ2) is 50.6. The number of esters is 4. The van der Waals surface area contributed by atoms with Crippen molar-refractivity contribution in [3.05, 3.63) is 0 Å². The van der Waals surface area contributed by atoms with Gasteiger partial charge in [-0.1, -0.05) is 229 Å². The Morgan fingerprint density at radius 3 is 0.899 bits per heavy atom. The van der Waals surface area contributed by atoms with E-state index in [1.165, 1.54) is 70.6 Å². The monoisotopic (exact) mass is 1170 g/mol. The summed E-state index contributed by atoms with van der Waals surface area (Å²) in [6.45, 7) is 13.8. The van der Waals surface area contributed by atoms with Gasteiger partial charge in [0.15, 0.2) is 12.2 Å². The minimum absolute atomic E-state index is 0.101. The summed E-state index contributed by atoms with van der Waals surface area (Å²) in [7, 11) is -9.88. The van der Waals surface area contributed by atoms with Gasteiger partial charge < -0.3 is 33.8 Å². The highest BCUT2D eigenvalue weighted by Crippen LogP contribution is 2.45. The summed E-state index contributed by atoms with van der Waals surface area (Å²) >= 11 is 0. The first-order valence-electron chi connectivity index (χ1n) is 31.3. The van der Waals surface area contributed by atoms with Crippen molar-refractivity contribution in [3.8, 4) is 0 Å². The Kier molecular flexibility index (Phi) is 49.3. The molecule has 0 fully saturated rings. The predicted molar refractivity (Wildman–Crippen MR) is 312 cm³/mol. The fraction of sp³-hybridized carbons (Fsp3) is 0.933. The number of hydrogen-bond acceptors (Lipinski definition) is 15. The van der Waals surface area contributed by atoms with Crippen LogP contribution in [0.3, 0.4) is 0 Å². The molecule has 0 aromatic rings. The molecule has 0 saturated heterocycles. The standard InChI is InChI=1S/C60H116O17P2/c1-9-52(7)38-30-22-15-18-25-33-41-58(63)71-47-56(77-60(65)43-35-27-19-16-23-31-39-53(8)10-2)49-75-79(68,69)73-45-54(61)44-72-78(66,67)74-48-55(46-70-57(62)40-32-24-17-14-21-29-37-51(5)6)76-59(64)42-34-26-13-11-12-20-28-36-50(3)4/h50-56,61H,9-49H2,1-8H3,(H,66,67)(H,68,69)/t52?,53?,54-,55+,56+/m0/s1. The lowest BCUT2D eigenvalue weighted by Crippen LogP contribution is -2.30. The number of hydrogen-bond donors (Lipinski definition) is 3. The maximum absolute atomic E-state index is 12.9. The third kappa shape index (κ3) is 52.6. The Hall–Kier alpha value is -1.94. The molecule has 79 heavy (non-hydrogen) atoms. The fourth-order valence-corrected chi connectivity index (χ4v) is 10.2. The van der Waals surface area contributed by atoms with Crippen LogP contribution in [-0.2, 0) is 65.4 Å². The molecule has 0 bridgehead atoms. The van der Waals surface area contributed by atoms with Crippen LogP contribution in [0.15, 0.2) is 0 Å². The summed E-state index contributed by atoms with van der Waals surface area (Å²) < 4.78 is 67.7. The van der Waals surface area contributed by atoms with Crippen molar-refractivity contribution in [1.82, 2.24) is 0 Å². The van der Waals surface area contributed by atoms with Crippen molar-refractivity contribution in [3.63, 3.8) is 0 Å². The highest BCUT2D eigenvalue weighted by Gasteiger charge is 2.30. The van der Waals surface area contributed by atoms with Gasteiger partial charge >= 0.3 is 39.5 Å². The average Bonchev–Trinajstić information content (AvgIpc) is 3.40. The zero-order valence-corrected chi connectivity index (χ0v) is 52.8. The lowest BCUT2D eigenvalue weighted by Gasteiger charge is -2.21. The molecule has 0 heterocycles. The molecule has 0 aromatic heterocycles. The normalized spacial score (nSPS) is 15.3. The number of carbonyl (C=O) groups is 4. The largest absolute Gasteiger partial charge is 0.472 e. The molecule has 0 spiro atoms. The van der Waals surface area contributed by atoms with Gasteiger partial charge in [-0.3, -0.25) is 37.3 Å². The van der Waals surface area contributed by atoms with E-state index in [1.807, 2.05) is 0 Å². The number of aliphatic hydroxyl groups is 1. The van der Waals surface area contributed by atoms with Crippen LogP contribution in [0.4, 0.5) is 0 Å². The number of rotatable bonds is 57. The van der Waals surface area contributed by atoms with E-state index in [2.05, 4.69) is 55.4 Å². The number of unbranched alkanes of at least 4 members (excludes halogenated alkanes) is 21. The quantitative estimate of drug-likeness (QED) is 0.0222.